The van der Waals surface area contributed by atoms with E-state index in [9.17, 15) is 9.00 Å². The summed E-state index contributed by atoms with van der Waals surface area (Å²) >= 11 is 0.749. The Bertz CT molecular complexity index is 195. The van der Waals surface area contributed by atoms with Crippen LogP contribution in [0.2, 0.25) is 0 Å². The second-order valence-electron chi connectivity index (χ2n) is 1.51. The van der Waals surface area contributed by atoms with Gasteiger partial charge in [-0.25, -0.2) is 4.21 Å². The topological polar surface area (TPSA) is 87.0 Å². The fraction of sp³-hybridized carbons (Fsp3) is 0.500. The van der Waals surface area contributed by atoms with Gasteiger partial charge in [0, 0.05) is 6.21 Å². The third-order valence-electron chi connectivity index (χ3n) is 0.642. The highest BCUT2D eigenvalue weighted by molar-refractivity contribution is 9.11. The van der Waals surface area contributed by atoms with E-state index in [0.717, 1.165) is 6.21 Å². The van der Waals surface area contributed by atoms with Gasteiger partial charge in [-0.1, -0.05) is 15.9 Å². The van der Waals surface area contributed by atoms with Gasteiger partial charge in [0.15, 0.2) is 11.1 Å². The molecule has 0 radical (unpaired) electrons. The van der Waals surface area contributed by atoms with E-state index < -0.39 is 21.2 Å². The van der Waals surface area contributed by atoms with Crippen LogP contribution in [0.1, 0.15) is 0 Å². The number of rotatable bonds is 4. The molecule has 2 unspecified atom stereocenters. The number of halogens is 1. The molecule has 0 aromatic carbocycles. The zero-order valence-corrected chi connectivity index (χ0v) is 7.71. The zero-order valence-electron chi connectivity index (χ0n) is 5.31. The number of hydrogen-bond acceptors (Lipinski definition) is 3. The minimum Gasteiger partial charge on any atom is -0.480 e. The lowest BCUT2D eigenvalue weighted by atomic mass is 10.7. The van der Waals surface area contributed by atoms with Gasteiger partial charge in [0.1, 0.15) is 10.7 Å². The Morgan fingerprint density at radius 1 is 1.82 bits per heavy atom. The number of alkyl halides is 1. The van der Waals surface area contributed by atoms with Gasteiger partial charge in [-0.15, -0.1) is 0 Å². The molecule has 5 nitrogen and oxygen atoms in total. The Morgan fingerprint density at radius 3 is 2.73 bits per heavy atom. The Kier molecular flexibility index (Phi) is 5.26. The van der Waals surface area contributed by atoms with Crippen LogP contribution in [0.5, 0.6) is 0 Å². The molecule has 0 amide bonds. The lowest BCUT2D eigenvalue weighted by molar-refractivity contribution is -0.135. The van der Waals surface area contributed by atoms with E-state index in [1.165, 1.54) is 0 Å². The summed E-state index contributed by atoms with van der Waals surface area (Å²) < 4.78 is 17.8. The highest BCUT2D eigenvalue weighted by Crippen LogP contribution is 1.98. The molecule has 0 rings (SSSR count). The van der Waals surface area contributed by atoms with Gasteiger partial charge < -0.3 is 9.66 Å². The van der Waals surface area contributed by atoms with E-state index in [2.05, 4.69) is 20.9 Å². The highest BCUT2D eigenvalue weighted by atomic mass is 79.9. The van der Waals surface area contributed by atoms with Crippen molar-refractivity contribution in [3.05, 3.63) is 0 Å². The molecule has 0 aromatic rings. The van der Waals surface area contributed by atoms with Crippen LogP contribution in [0.25, 0.3) is 0 Å². The van der Waals surface area contributed by atoms with Crippen molar-refractivity contribution in [2.75, 3.05) is 6.54 Å². The Balaban J connectivity index is 3.74. The van der Waals surface area contributed by atoms with E-state index in [1.54, 1.807) is 0 Å². The van der Waals surface area contributed by atoms with Crippen LogP contribution >= 0.6 is 15.9 Å². The van der Waals surface area contributed by atoms with Gasteiger partial charge in [-0.3, -0.25) is 9.79 Å². The van der Waals surface area contributed by atoms with Crippen LogP contribution in [0.4, 0.5) is 0 Å². The largest absolute Gasteiger partial charge is 0.480 e. The molecule has 0 aliphatic heterocycles. The van der Waals surface area contributed by atoms with Crippen LogP contribution in [0.3, 0.4) is 0 Å². The van der Waals surface area contributed by atoms with Crippen molar-refractivity contribution < 1.29 is 18.7 Å². The minimum absolute atomic E-state index is 0.390. The van der Waals surface area contributed by atoms with Crippen molar-refractivity contribution in [2.45, 2.75) is 4.16 Å². The van der Waals surface area contributed by atoms with Crippen LogP contribution in [-0.2, 0) is 15.9 Å². The summed E-state index contributed by atoms with van der Waals surface area (Å²) in [5.41, 5.74) is 0. The summed E-state index contributed by atoms with van der Waals surface area (Å²) in [5.74, 6) is -1.08. The average molecular weight is 244 g/mol. The molecule has 2 atom stereocenters. The Hall–Kier alpha value is -0.270. The van der Waals surface area contributed by atoms with E-state index in [1.807, 2.05) is 0 Å². The van der Waals surface area contributed by atoms with Gasteiger partial charge in [0.25, 0.3) is 0 Å². The van der Waals surface area contributed by atoms with Crippen molar-refractivity contribution in [2.24, 2.45) is 4.99 Å². The first kappa shape index (κ1) is 10.7. The summed E-state index contributed by atoms with van der Waals surface area (Å²) in [5, 5.41) is 8.10. The molecule has 64 valence electrons. The molecule has 0 saturated carbocycles. The van der Waals surface area contributed by atoms with Gasteiger partial charge in [-0.05, 0) is 0 Å². The molecule has 2 N–H and O–H groups in total. The number of carbonyl (C=O) groups is 1. The molecular weight excluding hydrogens is 238 g/mol. The maximum absolute atomic E-state index is 10.2. The predicted octanol–water partition coefficient (Wildman–Crippen LogP) is 0.0845. The standard InChI is InChI=1S/C4H6BrNO4S/c5-3(11(9)10)1-6-2-4(7)8/h1,3H,2H2,(H,7,8)(H,9,10). The lowest BCUT2D eigenvalue weighted by Gasteiger charge is -1.93. The predicted molar refractivity (Wildman–Crippen MR) is 44.5 cm³/mol. The molecule has 0 spiro atoms. The first-order chi connectivity index (χ1) is 5.04. The molecule has 11 heavy (non-hydrogen) atoms. The van der Waals surface area contributed by atoms with E-state index in [0.29, 0.717) is 0 Å². The molecule has 0 heterocycles. The van der Waals surface area contributed by atoms with Crippen LogP contribution in [0.15, 0.2) is 4.99 Å². The minimum atomic E-state index is -2.05. The van der Waals surface area contributed by atoms with E-state index in [-0.39, 0.29) is 6.54 Å². The third kappa shape index (κ3) is 6.14. The van der Waals surface area contributed by atoms with Crippen LogP contribution in [0, 0.1) is 0 Å². The number of nitrogens with zero attached hydrogens (tertiary/aromatic N) is 1. The molecule has 0 bridgehead atoms. The second kappa shape index (κ2) is 5.39. The van der Waals surface area contributed by atoms with Crippen molar-refractivity contribution in [1.82, 2.24) is 0 Å². The van der Waals surface area contributed by atoms with Gasteiger partial charge in [0.2, 0.25) is 0 Å². The summed E-state index contributed by atoms with van der Waals surface area (Å²) in [6, 6.07) is 0. The molecule has 7 heteroatoms. The van der Waals surface area contributed by atoms with Crippen LogP contribution in [-0.4, -0.2) is 36.8 Å². The monoisotopic (exact) mass is 243 g/mol. The molecule has 0 aliphatic carbocycles. The smallest absolute Gasteiger partial charge is 0.325 e. The molecule has 0 aromatic heterocycles. The summed E-state index contributed by atoms with van der Waals surface area (Å²) in [4.78, 5) is 13.3. The number of hydrogen-bond donors (Lipinski definition) is 2. The third-order valence-corrected chi connectivity index (χ3v) is 2.34. The molecule has 0 aliphatic rings. The van der Waals surface area contributed by atoms with Crippen molar-refractivity contribution in [3.8, 4) is 0 Å². The van der Waals surface area contributed by atoms with Crippen molar-refractivity contribution in [3.63, 3.8) is 0 Å². The fourth-order valence-electron chi connectivity index (χ4n) is 0.266. The van der Waals surface area contributed by atoms with Crippen LogP contribution < -0.4 is 0 Å². The maximum Gasteiger partial charge on any atom is 0.325 e. The molecule has 0 fully saturated rings. The quantitative estimate of drug-likeness (QED) is 0.416. The van der Waals surface area contributed by atoms with Gasteiger partial charge in [-0.2, -0.15) is 0 Å². The maximum atomic E-state index is 10.2. The Morgan fingerprint density at radius 2 is 2.36 bits per heavy atom. The summed E-state index contributed by atoms with van der Waals surface area (Å²) in [6.07, 6.45) is 1.07. The SMILES string of the molecule is O=C(O)CN=CC(Br)S(=O)O. The first-order valence-electron chi connectivity index (χ1n) is 2.49. The van der Waals surface area contributed by atoms with E-state index >= 15 is 0 Å². The normalized spacial score (nSPS) is 16.5. The number of aliphatic carboxylic acids is 1. The molecule has 0 saturated heterocycles. The average Bonchev–Trinajstić information content (AvgIpc) is 1.86. The molecular formula is C4H6BrNO4S. The first-order valence-corrected chi connectivity index (χ1v) is 4.58. The van der Waals surface area contributed by atoms with Crippen molar-refractivity contribution >= 4 is 39.2 Å². The number of carboxylic acids is 1. The summed E-state index contributed by atoms with van der Waals surface area (Å²) in [7, 11) is 0. The van der Waals surface area contributed by atoms with Gasteiger partial charge in [0.05, 0.1) is 0 Å². The summed E-state index contributed by atoms with van der Waals surface area (Å²) in [6.45, 7) is -0.390. The second-order valence-corrected chi connectivity index (χ2v) is 4.16. The lowest BCUT2D eigenvalue weighted by Crippen LogP contribution is -2.08. The van der Waals surface area contributed by atoms with Crippen molar-refractivity contribution in [1.29, 1.82) is 0 Å². The van der Waals surface area contributed by atoms with Gasteiger partial charge >= 0.3 is 5.97 Å². The Labute approximate surface area is 73.9 Å². The zero-order chi connectivity index (χ0) is 8.85. The number of carboxylic acid groups (broad SMARTS) is 1. The van der Waals surface area contributed by atoms with E-state index in [4.69, 9.17) is 9.66 Å². The number of aliphatic imine (C=N–C) groups is 1. The highest BCUT2D eigenvalue weighted by Gasteiger charge is 2.05. The fourth-order valence-corrected chi connectivity index (χ4v) is 0.623.